The van der Waals surface area contributed by atoms with Gasteiger partial charge in [-0.2, -0.15) is 22.5 Å². The van der Waals surface area contributed by atoms with Crippen molar-refractivity contribution in [1.29, 1.82) is 0 Å². The third-order valence-corrected chi connectivity index (χ3v) is 5.75. The molecule has 9 nitrogen and oxygen atoms in total. The number of amides is 1. The number of hydrogen-bond acceptors (Lipinski definition) is 5. The number of carbonyl (C=O) groups excluding carboxylic acids is 1. The van der Waals surface area contributed by atoms with E-state index in [9.17, 15) is 18.3 Å². The third-order valence-electron chi connectivity index (χ3n) is 4.15. The van der Waals surface area contributed by atoms with Gasteiger partial charge in [0.25, 0.3) is 10.2 Å². The molecule has 0 spiro atoms. The topological polar surface area (TPSA) is 117 Å². The zero-order chi connectivity index (χ0) is 18.3. The average Bonchev–Trinajstić information content (AvgIpc) is 2.80. The fourth-order valence-corrected chi connectivity index (χ4v) is 4.00. The second kappa shape index (κ2) is 6.43. The van der Waals surface area contributed by atoms with Crippen molar-refractivity contribution in [3.05, 3.63) is 17.5 Å². The molecule has 1 amide bonds. The van der Waals surface area contributed by atoms with Crippen molar-refractivity contribution >= 4 is 16.1 Å². The molecule has 2 heterocycles. The third kappa shape index (κ3) is 3.77. The minimum atomic E-state index is -3.80. The van der Waals surface area contributed by atoms with E-state index in [4.69, 9.17) is 0 Å². The highest BCUT2D eigenvalue weighted by molar-refractivity contribution is 7.87. The molecule has 0 unspecified atom stereocenters. The van der Waals surface area contributed by atoms with E-state index in [0.29, 0.717) is 5.69 Å². The van der Waals surface area contributed by atoms with Crippen LogP contribution in [-0.2, 0) is 22.1 Å². The van der Waals surface area contributed by atoms with Crippen LogP contribution in [0.2, 0.25) is 0 Å². The summed E-state index contributed by atoms with van der Waals surface area (Å²) in [6.45, 7) is 4.89. The van der Waals surface area contributed by atoms with Gasteiger partial charge in [0.1, 0.15) is 6.04 Å². The van der Waals surface area contributed by atoms with Crippen molar-refractivity contribution in [1.82, 2.24) is 24.1 Å². The van der Waals surface area contributed by atoms with Crippen molar-refractivity contribution in [2.75, 3.05) is 13.7 Å². The van der Waals surface area contributed by atoms with Crippen molar-refractivity contribution in [2.24, 2.45) is 7.05 Å². The molecule has 10 heteroatoms. The van der Waals surface area contributed by atoms with Gasteiger partial charge in [0.05, 0.1) is 23.9 Å². The number of aryl methyl sites for hydroxylation is 2. The summed E-state index contributed by atoms with van der Waals surface area (Å²) in [5.41, 5.74) is 0.629. The number of rotatable bonds is 4. The molecule has 3 N–H and O–H groups in total. The molecule has 1 saturated heterocycles. The van der Waals surface area contributed by atoms with Crippen LogP contribution >= 0.6 is 0 Å². The lowest BCUT2D eigenvalue weighted by molar-refractivity contribution is -0.127. The molecule has 1 aromatic rings. The van der Waals surface area contributed by atoms with E-state index in [-0.39, 0.29) is 13.0 Å². The molecule has 2 rings (SSSR count). The van der Waals surface area contributed by atoms with Crippen LogP contribution in [0.5, 0.6) is 0 Å². The highest BCUT2D eigenvalue weighted by Crippen LogP contribution is 2.29. The number of hydrogen-bond donors (Lipinski definition) is 3. The Morgan fingerprint density at radius 3 is 2.62 bits per heavy atom. The summed E-state index contributed by atoms with van der Waals surface area (Å²) in [4.78, 5) is 12.6. The highest BCUT2D eigenvalue weighted by Gasteiger charge is 2.42. The lowest BCUT2D eigenvalue weighted by Gasteiger charge is -2.37. The number of aromatic nitrogens is 2. The van der Waals surface area contributed by atoms with Gasteiger partial charge in [-0.1, -0.05) is 0 Å². The van der Waals surface area contributed by atoms with Crippen molar-refractivity contribution in [3.8, 4) is 0 Å². The molecule has 24 heavy (non-hydrogen) atoms. The van der Waals surface area contributed by atoms with Gasteiger partial charge >= 0.3 is 0 Å². The van der Waals surface area contributed by atoms with E-state index in [1.807, 2.05) is 0 Å². The molecule has 136 valence electrons. The first-order valence-electron chi connectivity index (χ1n) is 7.65. The summed E-state index contributed by atoms with van der Waals surface area (Å²) in [6.07, 6.45) is 2.02. The quantitative estimate of drug-likeness (QED) is 0.650. The van der Waals surface area contributed by atoms with Crippen LogP contribution in [0.15, 0.2) is 6.20 Å². The van der Waals surface area contributed by atoms with Gasteiger partial charge in [-0.05, 0) is 27.2 Å². The summed E-state index contributed by atoms with van der Waals surface area (Å²) < 4.78 is 30.0. The summed E-state index contributed by atoms with van der Waals surface area (Å²) in [5.74, 6) is -0.437. The van der Waals surface area contributed by atoms with Gasteiger partial charge in [0.2, 0.25) is 5.91 Å². The summed E-state index contributed by atoms with van der Waals surface area (Å²) in [6, 6.07) is -1.40. The van der Waals surface area contributed by atoms with Gasteiger partial charge in [-0.15, -0.1) is 0 Å². The molecule has 1 aliphatic rings. The number of nitrogens with zero attached hydrogens (tertiary/aromatic N) is 3. The van der Waals surface area contributed by atoms with Crippen LogP contribution < -0.4 is 10.0 Å². The van der Waals surface area contributed by atoms with Crippen LogP contribution in [0, 0.1) is 6.92 Å². The molecule has 0 bridgehead atoms. The number of likely N-dealkylation sites (N-methyl/N-ethyl adjacent to an activating group) is 1. The van der Waals surface area contributed by atoms with Gasteiger partial charge in [-0.25, -0.2) is 0 Å². The van der Waals surface area contributed by atoms with Gasteiger partial charge in [-0.3, -0.25) is 9.48 Å². The van der Waals surface area contributed by atoms with E-state index in [1.54, 1.807) is 38.7 Å². The zero-order valence-corrected chi connectivity index (χ0v) is 15.4. The normalized spacial score (nSPS) is 24.8. The molecular formula is C14H25N5O4S. The van der Waals surface area contributed by atoms with Crippen LogP contribution in [0.25, 0.3) is 0 Å². The second-order valence-electron chi connectivity index (χ2n) is 6.82. The number of carbonyl (C=O) groups is 1. The van der Waals surface area contributed by atoms with E-state index in [0.717, 1.165) is 9.87 Å². The predicted molar refractivity (Wildman–Crippen MR) is 88.2 cm³/mol. The average molecular weight is 359 g/mol. The maximum Gasteiger partial charge on any atom is 0.280 e. The molecule has 1 aliphatic heterocycles. The number of aliphatic hydroxyl groups excluding tert-OH is 1. The molecule has 1 aromatic heterocycles. The van der Waals surface area contributed by atoms with E-state index in [2.05, 4.69) is 15.1 Å². The summed E-state index contributed by atoms with van der Waals surface area (Å²) >= 11 is 0. The Morgan fingerprint density at radius 2 is 2.12 bits per heavy atom. The van der Waals surface area contributed by atoms with Crippen LogP contribution in [-0.4, -0.2) is 58.8 Å². The Balaban J connectivity index is 2.30. The molecular weight excluding hydrogens is 334 g/mol. The fraction of sp³-hybridized carbons (Fsp3) is 0.714. The van der Waals surface area contributed by atoms with Crippen molar-refractivity contribution in [3.63, 3.8) is 0 Å². The standard InChI is InChI=1S/C14H25N5O4S/c1-9-10(7-18(4)16-9)11-6-12(19(5)24(22,23)17-11)13(21)15-14(2,3)8-20/h7,11-12,17,20H,6,8H2,1-5H3,(H,15,21)/t11-,12+/m0/s1. The van der Waals surface area contributed by atoms with Crippen molar-refractivity contribution in [2.45, 2.75) is 44.8 Å². The number of nitrogens with one attached hydrogen (secondary N) is 2. The Morgan fingerprint density at radius 1 is 1.50 bits per heavy atom. The van der Waals surface area contributed by atoms with Gasteiger partial charge in [0.15, 0.2) is 0 Å². The zero-order valence-electron chi connectivity index (χ0n) is 14.6. The number of aliphatic hydroxyl groups is 1. The Bertz CT molecular complexity index is 728. The maximum atomic E-state index is 12.6. The first-order valence-corrected chi connectivity index (χ1v) is 9.09. The lowest BCUT2D eigenvalue weighted by Crippen LogP contribution is -2.60. The SMILES string of the molecule is Cc1nn(C)cc1[C@@H]1C[C@H](C(=O)NC(C)(C)CO)N(C)S(=O)(=O)N1. The van der Waals surface area contributed by atoms with E-state index >= 15 is 0 Å². The van der Waals surface area contributed by atoms with Gasteiger partial charge in [0, 0.05) is 25.9 Å². The second-order valence-corrected chi connectivity index (χ2v) is 8.58. The smallest absolute Gasteiger partial charge is 0.280 e. The first-order chi connectivity index (χ1) is 11.0. The Labute approximate surface area is 142 Å². The maximum absolute atomic E-state index is 12.6. The molecule has 0 aliphatic carbocycles. The fourth-order valence-electron chi connectivity index (χ4n) is 2.73. The monoisotopic (exact) mass is 359 g/mol. The lowest BCUT2D eigenvalue weighted by atomic mass is 9.99. The highest BCUT2D eigenvalue weighted by atomic mass is 32.2. The minimum Gasteiger partial charge on any atom is -0.394 e. The Kier molecular flexibility index (Phi) is 5.05. The summed E-state index contributed by atoms with van der Waals surface area (Å²) in [7, 11) is -0.676. The van der Waals surface area contributed by atoms with Gasteiger partial charge < -0.3 is 10.4 Å². The molecule has 2 atom stereocenters. The summed E-state index contributed by atoms with van der Waals surface area (Å²) in [5, 5.41) is 16.2. The molecule has 0 radical (unpaired) electrons. The van der Waals surface area contributed by atoms with Crippen LogP contribution in [0.1, 0.15) is 37.6 Å². The van der Waals surface area contributed by atoms with Crippen molar-refractivity contribution < 1.29 is 18.3 Å². The first kappa shape index (κ1) is 18.8. The van der Waals surface area contributed by atoms with E-state index < -0.39 is 33.7 Å². The largest absolute Gasteiger partial charge is 0.394 e. The molecule has 1 fully saturated rings. The van der Waals surface area contributed by atoms with Crippen LogP contribution in [0.3, 0.4) is 0 Å². The van der Waals surface area contributed by atoms with E-state index in [1.165, 1.54) is 7.05 Å². The Hall–Kier alpha value is -1.49. The minimum absolute atomic E-state index is 0.245. The predicted octanol–water partition coefficient (Wildman–Crippen LogP) is -0.805. The molecule has 0 saturated carbocycles. The molecule has 0 aromatic carbocycles. The van der Waals surface area contributed by atoms with Crippen LogP contribution in [0.4, 0.5) is 0 Å².